The third kappa shape index (κ3) is 5.20. The molecule has 4 atom stereocenters. The maximum Gasteiger partial charge on any atom is 0.336 e. The Morgan fingerprint density at radius 1 is 1.34 bits per heavy atom. The lowest BCUT2D eigenvalue weighted by Gasteiger charge is -2.16. The van der Waals surface area contributed by atoms with E-state index in [2.05, 4.69) is 20.3 Å². The van der Waals surface area contributed by atoms with Gasteiger partial charge in [-0.25, -0.2) is 4.98 Å². The van der Waals surface area contributed by atoms with Gasteiger partial charge in [-0.2, -0.15) is 4.98 Å². The van der Waals surface area contributed by atoms with Crippen molar-refractivity contribution in [3.8, 4) is 0 Å². The molecule has 3 rings (SSSR count). The van der Waals surface area contributed by atoms with Gasteiger partial charge in [0.25, 0.3) is 5.56 Å². The Hall–Kier alpha value is -2.68. The molecule has 1 aliphatic rings. The summed E-state index contributed by atoms with van der Waals surface area (Å²) in [5.41, 5.74) is -0.832. The molecule has 1 saturated heterocycles. The first-order chi connectivity index (χ1) is 14.9. The van der Waals surface area contributed by atoms with Crippen molar-refractivity contribution in [3.05, 3.63) is 16.7 Å². The van der Waals surface area contributed by atoms with Gasteiger partial charge in [0, 0.05) is 5.92 Å². The normalized spacial score (nSPS) is 23.6. The Labute approximate surface area is 179 Å². The molecule has 1 amide bonds. The molecular formula is C16H22N5O10P. The summed E-state index contributed by atoms with van der Waals surface area (Å²) < 4.78 is 22.3. The lowest BCUT2D eigenvalue weighted by molar-refractivity contribution is -0.147. The van der Waals surface area contributed by atoms with E-state index in [0.29, 0.717) is 0 Å². The number of amides is 1. The van der Waals surface area contributed by atoms with Gasteiger partial charge in [0.05, 0.1) is 6.33 Å². The van der Waals surface area contributed by atoms with E-state index in [0.717, 1.165) is 6.33 Å². The number of H-pyrrole nitrogens is 1. The molecule has 2 aromatic heterocycles. The molecule has 15 nitrogen and oxygen atoms in total. The second kappa shape index (κ2) is 9.05. The number of hydrogen-bond acceptors (Lipinski definition) is 10. The number of carbonyl (C=O) groups excluding carboxylic acids is 2. The summed E-state index contributed by atoms with van der Waals surface area (Å²) in [4.78, 5) is 63.7. The Morgan fingerprint density at radius 3 is 2.66 bits per heavy atom. The average Bonchev–Trinajstić information content (AvgIpc) is 3.21. The summed E-state index contributed by atoms with van der Waals surface area (Å²) in [6, 6.07) is 0. The quantitative estimate of drug-likeness (QED) is 0.190. The first kappa shape index (κ1) is 24.0. The third-order valence-corrected chi connectivity index (χ3v) is 5.22. The molecule has 2 aromatic rings. The molecule has 3 heterocycles. The second-order valence-corrected chi connectivity index (χ2v) is 9.08. The van der Waals surface area contributed by atoms with Gasteiger partial charge in [-0.1, -0.05) is 13.8 Å². The van der Waals surface area contributed by atoms with Crippen LogP contribution < -0.4 is 10.9 Å². The Kier molecular flexibility index (Phi) is 6.78. The summed E-state index contributed by atoms with van der Waals surface area (Å²) in [5, 5.41) is 23.1. The zero-order valence-corrected chi connectivity index (χ0v) is 17.8. The van der Waals surface area contributed by atoms with Crippen molar-refractivity contribution in [1.29, 1.82) is 0 Å². The number of imidazole rings is 1. The number of rotatable bonds is 7. The topological polar surface area (TPSA) is 226 Å². The fraction of sp³-hybridized carbons (Fsp3) is 0.562. The van der Waals surface area contributed by atoms with E-state index < -0.39 is 62.3 Å². The highest BCUT2D eigenvalue weighted by molar-refractivity contribution is 7.52. The van der Waals surface area contributed by atoms with Crippen LogP contribution in [0.3, 0.4) is 0 Å². The maximum absolute atomic E-state index is 12.3. The number of ether oxygens (including phenoxy) is 2. The predicted molar refractivity (Wildman–Crippen MR) is 105 cm³/mol. The molecule has 0 bridgehead atoms. The molecule has 32 heavy (non-hydrogen) atoms. The number of hydrogen-bond donors (Lipinski definition) is 6. The Morgan fingerprint density at radius 2 is 2.03 bits per heavy atom. The number of carbonyl (C=O) groups is 2. The number of aromatic amines is 1. The van der Waals surface area contributed by atoms with Gasteiger partial charge in [0.2, 0.25) is 11.9 Å². The summed E-state index contributed by atoms with van der Waals surface area (Å²) in [6.07, 6.45) is -5.62. The summed E-state index contributed by atoms with van der Waals surface area (Å²) in [6.45, 7) is 2.70. The molecule has 16 heteroatoms. The van der Waals surface area contributed by atoms with Crippen LogP contribution in [0.15, 0.2) is 11.1 Å². The molecule has 0 spiro atoms. The highest BCUT2D eigenvalue weighted by Gasteiger charge is 2.45. The molecule has 176 valence electrons. The molecule has 0 aliphatic carbocycles. The fourth-order valence-corrected chi connectivity index (χ4v) is 3.35. The van der Waals surface area contributed by atoms with Crippen LogP contribution in [0.1, 0.15) is 20.1 Å². The minimum atomic E-state index is -4.63. The fourth-order valence-electron chi connectivity index (χ4n) is 2.92. The van der Waals surface area contributed by atoms with E-state index in [4.69, 9.17) is 19.3 Å². The van der Waals surface area contributed by atoms with Crippen LogP contribution in [-0.4, -0.2) is 82.5 Å². The lowest BCUT2D eigenvalue weighted by Crippen LogP contribution is -2.34. The van der Waals surface area contributed by atoms with Crippen molar-refractivity contribution in [3.63, 3.8) is 0 Å². The second-order valence-electron chi connectivity index (χ2n) is 7.43. The van der Waals surface area contributed by atoms with Gasteiger partial charge < -0.3 is 29.5 Å². The molecule has 1 aliphatic heterocycles. The van der Waals surface area contributed by atoms with Crippen molar-refractivity contribution >= 4 is 36.6 Å². The molecule has 6 N–H and O–H groups in total. The van der Waals surface area contributed by atoms with E-state index in [9.17, 15) is 29.2 Å². The Bertz CT molecular complexity index is 1120. The van der Waals surface area contributed by atoms with Crippen LogP contribution in [0.4, 0.5) is 5.95 Å². The molecular weight excluding hydrogens is 453 g/mol. The zero-order valence-electron chi connectivity index (χ0n) is 16.9. The predicted octanol–water partition coefficient (Wildman–Crippen LogP) is -1.95. The largest absolute Gasteiger partial charge is 0.462 e. The van der Waals surface area contributed by atoms with Gasteiger partial charge in [-0.3, -0.25) is 33.8 Å². The van der Waals surface area contributed by atoms with Crippen LogP contribution in [0.5, 0.6) is 0 Å². The van der Waals surface area contributed by atoms with Gasteiger partial charge in [-0.05, 0) is 0 Å². The van der Waals surface area contributed by atoms with Gasteiger partial charge >= 0.3 is 13.6 Å². The number of aromatic nitrogens is 4. The van der Waals surface area contributed by atoms with Crippen LogP contribution in [-0.2, 0) is 23.6 Å². The van der Waals surface area contributed by atoms with Gasteiger partial charge in [0.1, 0.15) is 31.1 Å². The van der Waals surface area contributed by atoms with E-state index in [1.165, 1.54) is 4.57 Å². The van der Waals surface area contributed by atoms with Crippen molar-refractivity contribution < 1.29 is 43.6 Å². The standard InChI is InChI=1S/C16H22N5O10P/c1-6(2)13(25)19-16-18-12-9(14(26)20-16)17-5-21(12)15-11(24)10(23)7(31-15)3-30-8(22)4-32(27,28)29/h5-7,10-11,15,23-24H,3-4H2,1-2H3,(H2,27,28,29)(H2,18,19,20,25,26)/t7-,10-,11-,15-/m1/s1. The first-order valence-electron chi connectivity index (χ1n) is 9.37. The van der Waals surface area contributed by atoms with E-state index >= 15 is 0 Å². The minimum Gasteiger partial charge on any atom is -0.462 e. The Balaban J connectivity index is 1.81. The number of esters is 1. The van der Waals surface area contributed by atoms with Crippen LogP contribution in [0.2, 0.25) is 0 Å². The number of anilines is 1. The number of nitrogens with one attached hydrogen (secondary N) is 2. The van der Waals surface area contributed by atoms with Crippen LogP contribution in [0.25, 0.3) is 11.2 Å². The molecule has 0 radical (unpaired) electrons. The van der Waals surface area contributed by atoms with E-state index in [1.54, 1.807) is 13.8 Å². The van der Waals surface area contributed by atoms with Crippen LogP contribution in [0, 0.1) is 5.92 Å². The molecule has 0 aromatic carbocycles. The summed E-state index contributed by atoms with van der Waals surface area (Å²) >= 11 is 0. The van der Waals surface area contributed by atoms with Crippen molar-refractivity contribution in [2.75, 3.05) is 18.1 Å². The van der Waals surface area contributed by atoms with Crippen molar-refractivity contribution in [2.24, 2.45) is 5.92 Å². The minimum absolute atomic E-state index is 0.0526. The molecule has 0 saturated carbocycles. The summed E-state index contributed by atoms with van der Waals surface area (Å²) in [5.74, 6) is -2.15. The first-order valence-corrected chi connectivity index (χ1v) is 11.2. The lowest BCUT2D eigenvalue weighted by atomic mass is 10.1. The highest BCUT2D eigenvalue weighted by atomic mass is 31.2. The van der Waals surface area contributed by atoms with Crippen LogP contribution >= 0.6 is 7.60 Å². The number of fused-ring (bicyclic) bond motifs is 1. The monoisotopic (exact) mass is 475 g/mol. The smallest absolute Gasteiger partial charge is 0.336 e. The third-order valence-electron chi connectivity index (χ3n) is 4.55. The summed E-state index contributed by atoms with van der Waals surface area (Å²) in [7, 11) is -4.63. The van der Waals surface area contributed by atoms with Crippen molar-refractivity contribution in [1.82, 2.24) is 19.5 Å². The molecule has 1 fully saturated rings. The van der Waals surface area contributed by atoms with Crippen molar-refractivity contribution in [2.45, 2.75) is 38.4 Å². The maximum atomic E-state index is 12.3. The average molecular weight is 475 g/mol. The number of nitrogens with zero attached hydrogens (tertiary/aromatic N) is 3. The zero-order chi connectivity index (χ0) is 23.8. The number of aliphatic hydroxyl groups excluding tert-OH is 2. The number of aliphatic hydroxyl groups is 2. The molecule has 0 unspecified atom stereocenters. The van der Waals surface area contributed by atoms with Gasteiger partial charge in [-0.15, -0.1) is 0 Å². The van der Waals surface area contributed by atoms with E-state index in [1.807, 2.05) is 0 Å². The van der Waals surface area contributed by atoms with E-state index in [-0.39, 0.29) is 23.0 Å². The van der Waals surface area contributed by atoms with Gasteiger partial charge in [0.15, 0.2) is 17.4 Å². The SMILES string of the molecule is CC(C)C(=O)Nc1nc2c(ncn2[C@@H]2O[C@H](COC(=O)CP(=O)(O)O)[C@@H](O)[C@H]2O)c(=O)[nH]1. The highest BCUT2D eigenvalue weighted by Crippen LogP contribution is 2.34.